The molecule has 0 aromatic heterocycles. The Kier molecular flexibility index (Phi) is 11.1. The number of nitrogens with zero attached hydrogens (tertiary/aromatic N) is 1. The molecule has 0 aromatic rings. The summed E-state index contributed by atoms with van der Waals surface area (Å²) in [5.74, 6) is 0.312. The Morgan fingerprint density at radius 3 is 2.18 bits per heavy atom. The Hall–Kier alpha value is -0.300. The van der Waals surface area contributed by atoms with Crippen LogP contribution in [0.3, 0.4) is 0 Å². The van der Waals surface area contributed by atoms with Crippen molar-refractivity contribution in [1.82, 2.24) is 0 Å². The molecule has 0 aromatic carbocycles. The van der Waals surface area contributed by atoms with Gasteiger partial charge in [0.1, 0.15) is 18.9 Å². The minimum atomic E-state index is -4.38. The standard InChI is InChI=1S/C14H31N2O5P/c1-16(2,12-13-21-22(18,19)20)11-7-5-9-14(17)8-4-3-6-10-15/h3-13,15H2,1-2H3,(H-,18,19,20)/p+1. The van der Waals surface area contributed by atoms with Crippen LogP contribution in [0.2, 0.25) is 0 Å². The fourth-order valence-electron chi connectivity index (χ4n) is 2.15. The molecule has 0 saturated carbocycles. The largest absolute Gasteiger partial charge is 0.469 e. The van der Waals surface area contributed by atoms with Crippen molar-refractivity contribution in [2.24, 2.45) is 5.73 Å². The highest BCUT2D eigenvalue weighted by Gasteiger charge is 2.19. The van der Waals surface area contributed by atoms with Crippen molar-refractivity contribution in [3.05, 3.63) is 0 Å². The molecule has 132 valence electrons. The fraction of sp³-hybridized carbons (Fsp3) is 0.929. The quantitative estimate of drug-likeness (QED) is 0.251. The maximum absolute atomic E-state index is 11.7. The van der Waals surface area contributed by atoms with E-state index < -0.39 is 7.82 Å². The van der Waals surface area contributed by atoms with Gasteiger partial charge in [-0.1, -0.05) is 6.42 Å². The van der Waals surface area contributed by atoms with E-state index in [1.807, 2.05) is 14.1 Å². The molecule has 0 radical (unpaired) electrons. The van der Waals surface area contributed by atoms with Crippen LogP contribution in [-0.4, -0.2) is 60.4 Å². The average molecular weight is 339 g/mol. The van der Waals surface area contributed by atoms with E-state index in [1.54, 1.807) is 0 Å². The van der Waals surface area contributed by atoms with Gasteiger partial charge in [-0.05, 0) is 32.2 Å². The molecule has 0 aliphatic rings. The topological polar surface area (TPSA) is 110 Å². The summed E-state index contributed by atoms with van der Waals surface area (Å²) in [5, 5.41) is 0. The van der Waals surface area contributed by atoms with Gasteiger partial charge in [0.2, 0.25) is 0 Å². The second kappa shape index (κ2) is 11.3. The molecule has 0 heterocycles. The number of phosphoric ester groups is 1. The van der Waals surface area contributed by atoms with Crippen LogP contribution in [0.5, 0.6) is 0 Å². The highest BCUT2D eigenvalue weighted by molar-refractivity contribution is 7.46. The Morgan fingerprint density at radius 2 is 1.64 bits per heavy atom. The lowest BCUT2D eigenvalue weighted by molar-refractivity contribution is -0.890. The summed E-state index contributed by atoms with van der Waals surface area (Å²) in [6.07, 6.45) is 5.96. The van der Waals surface area contributed by atoms with E-state index in [1.165, 1.54) is 0 Å². The van der Waals surface area contributed by atoms with E-state index in [0.29, 0.717) is 36.2 Å². The van der Waals surface area contributed by atoms with E-state index in [4.69, 9.17) is 15.5 Å². The summed E-state index contributed by atoms with van der Waals surface area (Å²) in [4.78, 5) is 28.9. The lowest BCUT2D eigenvalue weighted by Gasteiger charge is -2.29. The minimum absolute atomic E-state index is 0.0251. The summed E-state index contributed by atoms with van der Waals surface area (Å²) in [5.41, 5.74) is 5.40. The summed E-state index contributed by atoms with van der Waals surface area (Å²) in [6, 6.07) is 0. The molecule has 0 fully saturated rings. The number of ketones is 1. The van der Waals surface area contributed by atoms with Crippen molar-refractivity contribution in [2.45, 2.75) is 44.9 Å². The van der Waals surface area contributed by atoms with E-state index in [2.05, 4.69) is 4.52 Å². The number of unbranched alkanes of at least 4 members (excludes halogenated alkanes) is 3. The molecule has 0 saturated heterocycles. The molecular weight excluding hydrogens is 307 g/mol. The maximum atomic E-state index is 11.7. The van der Waals surface area contributed by atoms with Crippen LogP contribution >= 0.6 is 7.82 Å². The zero-order valence-corrected chi connectivity index (χ0v) is 14.8. The molecule has 22 heavy (non-hydrogen) atoms. The second-order valence-corrected chi connectivity index (χ2v) is 7.54. The van der Waals surface area contributed by atoms with Crippen molar-refractivity contribution >= 4 is 13.6 Å². The Balaban J connectivity index is 3.67. The summed E-state index contributed by atoms with van der Waals surface area (Å²) in [6.45, 7) is 2.09. The monoisotopic (exact) mass is 339 g/mol. The number of Topliss-reactive ketones (excluding diaryl/α,β-unsaturated/α-hetero) is 1. The van der Waals surface area contributed by atoms with Crippen molar-refractivity contribution in [3.8, 4) is 0 Å². The maximum Gasteiger partial charge on any atom is 0.469 e. The van der Waals surface area contributed by atoms with Gasteiger partial charge in [-0.2, -0.15) is 0 Å². The molecule has 0 unspecified atom stereocenters. The number of hydrogen-bond donors (Lipinski definition) is 3. The van der Waals surface area contributed by atoms with Crippen LogP contribution in [0.4, 0.5) is 0 Å². The first kappa shape index (κ1) is 21.7. The molecular formula is C14H32N2O5P+. The van der Waals surface area contributed by atoms with Crippen LogP contribution in [0, 0.1) is 0 Å². The third-order valence-electron chi connectivity index (χ3n) is 3.58. The number of quaternary nitrogens is 1. The molecule has 0 bridgehead atoms. The predicted molar refractivity (Wildman–Crippen MR) is 86.2 cm³/mol. The SMILES string of the molecule is C[N+](C)(CCCCC(=O)CCCCCN)CCOP(=O)(O)O. The van der Waals surface area contributed by atoms with E-state index in [9.17, 15) is 9.36 Å². The third-order valence-corrected chi connectivity index (χ3v) is 4.10. The minimum Gasteiger partial charge on any atom is -0.330 e. The van der Waals surface area contributed by atoms with E-state index >= 15 is 0 Å². The van der Waals surface area contributed by atoms with Gasteiger partial charge in [0.15, 0.2) is 0 Å². The van der Waals surface area contributed by atoms with Gasteiger partial charge in [0, 0.05) is 12.8 Å². The van der Waals surface area contributed by atoms with Gasteiger partial charge in [0.25, 0.3) is 0 Å². The summed E-state index contributed by atoms with van der Waals surface area (Å²) in [7, 11) is -0.407. The summed E-state index contributed by atoms with van der Waals surface area (Å²) >= 11 is 0. The number of nitrogens with two attached hydrogens (primary N) is 1. The lowest BCUT2D eigenvalue weighted by atomic mass is 10.1. The van der Waals surface area contributed by atoms with E-state index in [0.717, 1.165) is 38.6 Å². The van der Waals surface area contributed by atoms with Crippen LogP contribution in [0.25, 0.3) is 0 Å². The molecule has 0 spiro atoms. The zero-order valence-electron chi connectivity index (χ0n) is 13.9. The highest BCUT2D eigenvalue weighted by Crippen LogP contribution is 2.35. The summed E-state index contributed by atoms with van der Waals surface area (Å²) < 4.78 is 15.7. The number of phosphoric acid groups is 1. The average Bonchev–Trinajstić information content (AvgIpc) is 2.38. The molecule has 0 aliphatic carbocycles. The van der Waals surface area contributed by atoms with Crippen LogP contribution in [0.15, 0.2) is 0 Å². The number of likely N-dealkylation sites (N-methyl/N-ethyl adjacent to an activating group) is 1. The number of hydrogen-bond acceptors (Lipinski definition) is 4. The zero-order chi connectivity index (χ0) is 17.1. The molecule has 0 amide bonds. The van der Waals surface area contributed by atoms with Crippen LogP contribution < -0.4 is 5.73 Å². The van der Waals surface area contributed by atoms with Crippen LogP contribution in [-0.2, 0) is 13.9 Å². The van der Waals surface area contributed by atoms with Crippen LogP contribution in [0.1, 0.15) is 44.9 Å². The third kappa shape index (κ3) is 14.6. The molecule has 8 heteroatoms. The van der Waals surface area contributed by atoms with E-state index in [-0.39, 0.29) is 6.61 Å². The molecule has 0 rings (SSSR count). The van der Waals surface area contributed by atoms with Gasteiger partial charge in [-0.25, -0.2) is 4.57 Å². The molecule has 7 nitrogen and oxygen atoms in total. The van der Waals surface area contributed by atoms with Crippen molar-refractivity contribution in [3.63, 3.8) is 0 Å². The smallest absolute Gasteiger partial charge is 0.330 e. The number of rotatable bonds is 14. The van der Waals surface area contributed by atoms with Gasteiger partial charge in [0.05, 0.1) is 20.6 Å². The second-order valence-electron chi connectivity index (χ2n) is 6.30. The number of carbonyl (C=O) groups is 1. The first-order chi connectivity index (χ1) is 10.2. The Bertz CT molecular complexity index is 357. The van der Waals surface area contributed by atoms with Crippen molar-refractivity contribution in [2.75, 3.05) is 40.3 Å². The molecule has 0 atom stereocenters. The van der Waals surface area contributed by atoms with Gasteiger partial charge in [-0.3, -0.25) is 9.32 Å². The molecule has 0 aliphatic heterocycles. The Labute approximate surface area is 133 Å². The first-order valence-electron chi connectivity index (χ1n) is 7.90. The lowest BCUT2D eigenvalue weighted by Crippen LogP contribution is -2.42. The van der Waals surface area contributed by atoms with Crippen molar-refractivity contribution in [1.29, 1.82) is 0 Å². The fourth-order valence-corrected chi connectivity index (χ4v) is 2.47. The van der Waals surface area contributed by atoms with Gasteiger partial charge in [-0.15, -0.1) is 0 Å². The highest BCUT2D eigenvalue weighted by atomic mass is 31.2. The van der Waals surface area contributed by atoms with Gasteiger partial charge >= 0.3 is 7.82 Å². The number of carbonyl (C=O) groups excluding carboxylic acids is 1. The first-order valence-corrected chi connectivity index (χ1v) is 9.43. The Morgan fingerprint density at radius 1 is 1.05 bits per heavy atom. The normalized spacial score (nSPS) is 12.6. The molecule has 4 N–H and O–H groups in total. The predicted octanol–water partition coefficient (Wildman–Crippen LogP) is 1.43. The van der Waals surface area contributed by atoms with Gasteiger partial charge < -0.3 is 20.0 Å². The van der Waals surface area contributed by atoms with Crippen molar-refractivity contribution < 1.29 is 28.2 Å².